The maximum absolute atomic E-state index is 11.6. The Kier molecular flexibility index (Phi) is 12.6. The van der Waals surface area contributed by atoms with Crippen molar-refractivity contribution in [1.29, 1.82) is 0 Å². The van der Waals surface area contributed by atoms with Crippen molar-refractivity contribution in [3.63, 3.8) is 0 Å². The molecule has 0 amide bonds. The second-order valence-corrected chi connectivity index (χ2v) is 6.06. The first-order valence-corrected chi connectivity index (χ1v) is 8.81. The van der Waals surface area contributed by atoms with Crippen LogP contribution in [0.4, 0.5) is 0 Å². The van der Waals surface area contributed by atoms with Gasteiger partial charge < -0.3 is 5.73 Å². The van der Waals surface area contributed by atoms with E-state index in [-0.39, 0.29) is 10.9 Å². The molecule has 3 N–H and O–H groups in total. The summed E-state index contributed by atoms with van der Waals surface area (Å²) in [5, 5.41) is 0. The summed E-state index contributed by atoms with van der Waals surface area (Å²) in [5.74, 6) is -0.129. The Labute approximate surface area is 141 Å². The van der Waals surface area contributed by atoms with Gasteiger partial charge in [0.2, 0.25) is 5.96 Å². The zero-order valence-electron chi connectivity index (χ0n) is 14.9. The number of nitrogens with one attached hydrogen (secondary N) is 1. The standard InChI is InChI=1S/C9H13N3O2S.C6H10.C2H6/c1-7-3-5-8(6-4-7)15(13,14)12-9(10)11-2;1-4-5-6(2)3;1-2/h3-6H,1-2H3,(H3,10,11,12);4-5H,2H2,1,3H3;1-2H3/b;5-4-;. The number of hydrogen-bond donors (Lipinski definition) is 2. The predicted octanol–water partition coefficient (Wildman–Crippen LogP) is 3.38. The molecule has 23 heavy (non-hydrogen) atoms. The van der Waals surface area contributed by atoms with Crippen molar-refractivity contribution in [1.82, 2.24) is 4.72 Å². The summed E-state index contributed by atoms with van der Waals surface area (Å²) in [5.41, 5.74) is 7.39. The molecule has 5 nitrogen and oxygen atoms in total. The Morgan fingerprint density at radius 1 is 1.26 bits per heavy atom. The summed E-state index contributed by atoms with van der Waals surface area (Å²) in [6.45, 7) is 13.5. The van der Waals surface area contributed by atoms with Gasteiger partial charge in [-0.1, -0.05) is 55.8 Å². The summed E-state index contributed by atoms with van der Waals surface area (Å²) < 4.78 is 25.4. The number of nitrogens with zero attached hydrogens (tertiary/aromatic N) is 1. The fraction of sp³-hybridized carbons (Fsp3) is 0.353. The smallest absolute Gasteiger partial charge is 0.264 e. The van der Waals surface area contributed by atoms with Crippen LogP contribution in [0, 0.1) is 6.92 Å². The Hall–Kier alpha value is -2.08. The lowest BCUT2D eigenvalue weighted by molar-refractivity contribution is 0.592. The summed E-state index contributed by atoms with van der Waals surface area (Å²) in [6, 6.07) is 6.46. The second-order valence-electron chi connectivity index (χ2n) is 4.37. The van der Waals surface area contributed by atoms with E-state index in [1.165, 1.54) is 19.2 Å². The molecule has 1 aromatic carbocycles. The number of sulfonamides is 1. The van der Waals surface area contributed by atoms with E-state index in [2.05, 4.69) is 16.3 Å². The molecule has 130 valence electrons. The third kappa shape index (κ3) is 11.2. The molecule has 1 rings (SSSR count). The fourth-order valence-corrected chi connectivity index (χ4v) is 2.22. The third-order valence-electron chi connectivity index (χ3n) is 2.26. The minimum Gasteiger partial charge on any atom is -0.369 e. The van der Waals surface area contributed by atoms with Crippen LogP contribution in [0.25, 0.3) is 0 Å². The van der Waals surface area contributed by atoms with Crippen LogP contribution in [-0.4, -0.2) is 21.4 Å². The highest BCUT2D eigenvalue weighted by atomic mass is 32.2. The third-order valence-corrected chi connectivity index (χ3v) is 3.63. The molecule has 6 heteroatoms. The molecule has 0 saturated carbocycles. The molecule has 0 saturated heterocycles. The van der Waals surface area contributed by atoms with Crippen molar-refractivity contribution in [2.75, 3.05) is 7.05 Å². The van der Waals surface area contributed by atoms with E-state index in [1.807, 2.05) is 46.8 Å². The van der Waals surface area contributed by atoms with Crippen LogP contribution in [0.5, 0.6) is 0 Å². The Morgan fingerprint density at radius 3 is 2.04 bits per heavy atom. The molecule has 0 aliphatic heterocycles. The fourth-order valence-electron chi connectivity index (χ4n) is 1.24. The van der Waals surface area contributed by atoms with Crippen LogP contribution < -0.4 is 10.5 Å². The molecule has 0 heterocycles. The number of allylic oxidation sites excluding steroid dienone is 3. The minimum atomic E-state index is -3.59. The van der Waals surface area contributed by atoms with Gasteiger partial charge in [0.1, 0.15) is 0 Å². The van der Waals surface area contributed by atoms with Crippen molar-refractivity contribution in [3.05, 3.63) is 54.1 Å². The van der Waals surface area contributed by atoms with Crippen LogP contribution in [0.2, 0.25) is 0 Å². The van der Waals surface area contributed by atoms with Crippen molar-refractivity contribution < 1.29 is 8.42 Å². The van der Waals surface area contributed by atoms with Gasteiger partial charge in [0.15, 0.2) is 0 Å². The monoisotopic (exact) mass is 339 g/mol. The lowest BCUT2D eigenvalue weighted by Crippen LogP contribution is -2.36. The van der Waals surface area contributed by atoms with Crippen LogP contribution in [0.1, 0.15) is 33.3 Å². The molecule has 0 aromatic heterocycles. The van der Waals surface area contributed by atoms with Crippen LogP contribution in [0.3, 0.4) is 0 Å². The largest absolute Gasteiger partial charge is 0.369 e. The number of aliphatic imine (C=N–C) groups is 1. The molecule has 0 bridgehead atoms. The number of hydrogen-bond acceptors (Lipinski definition) is 3. The quantitative estimate of drug-likeness (QED) is 0.503. The van der Waals surface area contributed by atoms with E-state index in [9.17, 15) is 8.42 Å². The van der Waals surface area contributed by atoms with Crippen molar-refractivity contribution >= 4 is 16.0 Å². The summed E-state index contributed by atoms with van der Waals surface area (Å²) >= 11 is 0. The summed E-state index contributed by atoms with van der Waals surface area (Å²) in [7, 11) is -2.18. The highest BCUT2D eigenvalue weighted by Gasteiger charge is 2.13. The van der Waals surface area contributed by atoms with E-state index >= 15 is 0 Å². The SMILES string of the molecule is C=C(C)/C=C\C.CC.CN=C(N)NS(=O)(=O)c1ccc(C)cc1. The minimum absolute atomic E-state index is 0.129. The molecule has 0 unspecified atom stereocenters. The molecule has 0 spiro atoms. The molecule has 0 fully saturated rings. The van der Waals surface area contributed by atoms with E-state index < -0.39 is 10.0 Å². The summed E-state index contributed by atoms with van der Waals surface area (Å²) in [4.78, 5) is 3.69. The van der Waals surface area contributed by atoms with Gasteiger partial charge in [-0.05, 0) is 32.9 Å². The Morgan fingerprint density at radius 2 is 1.74 bits per heavy atom. The van der Waals surface area contributed by atoms with Crippen LogP contribution in [0.15, 0.2) is 58.5 Å². The first-order valence-electron chi connectivity index (χ1n) is 7.33. The van der Waals surface area contributed by atoms with Gasteiger partial charge in [-0.2, -0.15) is 0 Å². The van der Waals surface area contributed by atoms with Crippen LogP contribution >= 0.6 is 0 Å². The zero-order chi connectivity index (χ0) is 18.5. The highest BCUT2D eigenvalue weighted by molar-refractivity contribution is 7.90. The summed E-state index contributed by atoms with van der Waals surface area (Å²) in [6.07, 6.45) is 3.95. The van der Waals surface area contributed by atoms with Gasteiger partial charge in [0.25, 0.3) is 10.0 Å². The molecule has 0 atom stereocenters. The second kappa shape index (κ2) is 12.5. The van der Waals surface area contributed by atoms with Gasteiger partial charge in [0, 0.05) is 7.05 Å². The molecule has 1 aromatic rings. The number of nitrogens with two attached hydrogens (primary N) is 1. The van der Waals surface area contributed by atoms with E-state index in [0.717, 1.165) is 11.1 Å². The predicted molar refractivity (Wildman–Crippen MR) is 100 cm³/mol. The van der Waals surface area contributed by atoms with E-state index in [4.69, 9.17) is 5.73 Å². The zero-order valence-corrected chi connectivity index (χ0v) is 15.7. The lowest BCUT2D eigenvalue weighted by atomic mass is 10.2. The van der Waals surface area contributed by atoms with Gasteiger partial charge in [-0.25, -0.2) is 13.1 Å². The normalized spacial score (nSPS) is 11.0. The Bertz CT molecular complexity index is 616. The molecule has 0 aliphatic rings. The van der Waals surface area contributed by atoms with Gasteiger partial charge in [0.05, 0.1) is 4.90 Å². The molecular formula is C17H29N3O2S. The van der Waals surface area contributed by atoms with Crippen molar-refractivity contribution in [2.24, 2.45) is 10.7 Å². The average molecular weight is 340 g/mol. The first-order chi connectivity index (χ1) is 10.7. The lowest BCUT2D eigenvalue weighted by Gasteiger charge is -2.06. The number of guanidine groups is 1. The van der Waals surface area contributed by atoms with Gasteiger partial charge in [-0.3, -0.25) is 4.99 Å². The van der Waals surface area contributed by atoms with Crippen LogP contribution in [-0.2, 0) is 10.0 Å². The molecular weight excluding hydrogens is 310 g/mol. The topological polar surface area (TPSA) is 84.5 Å². The van der Waals surface area contributed by atoms with Crippen molar-refractivity contribution in [3.8, 4) is 0 Å². The van der Waals surface area contributed by atoms with Gasteiger partial charge in [-0.15, -0.1) is 0 Å². The number of aryl methyl sites for hydroxylation is 1. The highest BCUT2D eigenvalue weighted by Crippen LogP contribution is 2.09. The molecule has 0 aliphatic carbocycles. The van der Waals surface area contributed by atoms with Crippen molar-refractivity contribution in [2.45, 2.75) is 39.5 Å². The molecule has 0 radical (unpaired) electrons. The van der Waals surface area contributed by atoms with Gasteiger partial charge >= 0.3 is 0 Å². The average Bonchev–Trinajstić information content (AvgIpc) is 2.49. The number of rotatable bonds is 3. The maximum atomic E-state index is 11.6. The number of benzene rings is 1. The Balaban J connectivity index is 0. The van der Waals surface area contributed by atoms with E-state index in [1.54, 1.807) is 12.1 Å². The first kappa shape index (κ1) is 23.2. The van der Waals surface area contributed by atoms with E-state index in [0.29, 0.717) is 0 Å². The maximum Gasteiger partial charge on any atom is 0.264 e.